The van der Waals surface area contributed by atoms with E-state index in [0.29, 0.717) is 10.6 Å². The van der Waals surface area contributed by atoms with Crippen LogP contribution in [0.5, 0.6) is 5.75 Å². The highest BCUT2D eigenvalue weighted by molar-refractivity contribution is 7.21. The van der Waals surface area contributed by atoms with Crippen LogP contribution in [0.3, 0.4) is 0 Å². The van der Waals surface area contributed by atoms with Gasteiger partial charge in [0.05, 0.1) is 28.0 Å². The van der Waals surface area contributed by atoms with Gasteiger partial charge in [0.1, 0.15) is 10.6 Å². The molecule has 0 atom stereocenters. The first-order valence-corrected chi connectivity index (χ1v) is 9.88. The van der Waals surface area contributed by atoms with Crippen molar-refractivity contribution in [2.75, 3.05) is 12.4 Å². The molecule has 4 aromatic rings. The van der Waals surface area contributed by atoms with Crippen LogP contribution < -0.4 is 10.1 Å². The number of carbonyl (C=O) groups is 1. The van der Waals surface area contributed by atoms with E-state index in [0.717, 1.165) is 17.3 Å². The van der Waals surface area contributed by atoms with Gasteiger partial charge in [-0.2, -0.15) is 8.78 Å². The quantitative estimate of drug-likeness (QED) is 0.278. The standard InChI is InChI=1S/C21H11ClF4N2O2S/c1-30-19-17(25)15(23)14(16(24)18(19)26)20(29)27-12-8-9(6-7-10(12)22)21-28-11-4-2-3-5-13(11)31-21/h2-8H,1H3,(H,27,29). The first kappa shape index (κ1) is 21.1. The van der Waals surface area contributed by atoms with Gasteiger partial charge in [-0.15, -0.1) is 11.3 Å². The number of anilines is 1. The van der Waals surface area contributed by atoms with Gasteiger partial charge >= 0.3 is 0 Å². The Balaban J connectivity index is 1.72. The Hall–Kier alpha value is -3.17. The highest BCUT2D eigenvalue weighted by Gasteiger charge is 2.30. The van der Waals surface area contributed by atoms with Crippen molar-refractivity contribution in [2.45, 2.75) is 0 Å². The largest absolute Gasteiger partial charge is 0.491 e. The molecule has 4 rings (SSSR count). The van der Waals surface area contributed by atoms with Crippen LogP contribution in [0, 0.1) is 23.3 Å². The smallest absolute Gasteiger partial charge is 0.261 e. The topological polar surface area (TPSA) is 51.2 Å². The highest BCUT2D eigenvalue weighted by Crippen LogP contribution is 2.35. The van der Waals surface area contributed by atoms with E-state index in [4.69, 9.17) is 11.6 Å². The fourth-order valence-corrected chi connectivity index (χ4v) is 4.05. The maximum absolute atomic E-state index is 14.2. The Labute approximate surface area is 182 Å². The zero-order chi connectivity index (χ0) is 22.3. The molecule has 31 heavy (non-hydrogen) atoms. The van der Waals surface area contributed by atoms with Crippen molar-refractivity contribution in [3.05, 3.63) is 76.3 Å². The normalized spacial score (nSPS) is 11.0. The fourth-order valence-electron chi connectivity index (χ4n) is 2.92. The third-order valence-corrected chi connectivity index (χ3v) is 5.82. The van der Waals surface area contributed by atoms with E-state index >= 15 is 0 Å². The summed E-state index contributed by atoms with van der Waals surface area (Å²) in [5.74, 6) is -10.1. The molecule has 0 saturated carbocycles. The van der Waals surface area contributed by atoms with Crippen molar-refractivity contribution in [3.63, 3.8) is 0 Å². The van der Waals surface area contributed by atoms with Crippen LogP contribution in [0.2, 0.25) is 5.02 Å². The number of fused-ring (bicyclic) bond motifs is 1. The first-order chi connectivity index (χ1) is 14.8. The third-order valence-electron chi connectivity index (χ3n) is 4.41. The van der Waals surface area contributed by atoms with Crippen LogP contribution in [-0.4, -0.2) is 18.0 Å². The number of amides is 1. The van der Waals surface area contributed by atoms with Crippen molar-refractivity contribution in [2.24, 2.45) is 0 Å². The average Bonchev–Trinajstić information content (AvgIpc) is 3.19. The monoisotopic (exact) mass is 466 g/mol. The first-order valence-electron chi connectivity index (χ1n) is 8.68. The Morgan fingerprint density at radius 3 is 2.35 bits per heavy atom. The Bertz CT molecular complexity index is 1280. The summed E-state index contributed by atoms with van der Waals surface area (Å²) in [6.45, 7) is 0. The molecule has 0 fully saturated rings. The highest BCUT2D eigenvalue weighted by atomic mass is 35.5. The zero-order valence-electron chi connectivity index (χ0n) is 15.6. The molecule has 1 N–H and O–H groups in total. The summed E-state index contributed by atoms with van der Waals surface area (Å²) in [5.41, 5.74) is -0.0959. The van der Waals surface area contributed by atoms with E-state index in [1.165, 1.54) is 23.5 Å². The van der Waals surface area contributed by atoms with Gasteiger partial charge in [0, 0.05) is 5.56 Å². The molecule has 1 aromatic heterocycles. The molecule has 4 nitrogen and oxygen atoms in total. The van der Waals surface area contributed by atoms with E-state index in [1.54, 1.807) is 6.07 Å². The molecule has 0 saturated heterocycles. The van der Waals surface area contributed by atoms with Gasteiger partial charge in [0.25, 0.3) is 5.91 Å². The number of aromatic nitrogens is 1. The molecular weight excluding hydrogens is 456 g/mol. The number of nitrogens with one attached hydrogen (secondary N) is 1. The van der Waals surface area contributed by atoms with Gasteiger partial charge in [-0.05, 0) is 24.3 Å². The van der Waals surface area contributed by atoms with Gasteiger partial charge in [-0.3, -0.25) is 4.79 Å². The number of thiazole rings is 1. The van der Waals surface area contributed by atoms with Gasteiger partial charge in [0.15, 0.2) is 17.4 Å². The lowest BCUT2D eigenvalue weighted by atomic mass is 10.1. The van der Waals surface area contributed by atoms with E-state index in [1.807, 2.05) is 24.3 Å². The predicted octanol–water partition coefficient (Wildman–Crippen LogP) is 6.43. The summed E-state index contributed by atoms with van der Waals surface area (Å²) < 4.78 is 61.6. The van der Waals surface area contributed by atoms with Crippen LogP contribution in [-0.2, 0) is 0 Å². The van der Waals surface area contributed by atoms with Crippen LogP contribution in [0.4, 0.5) is 23.2 Å². The number of ether oxygens (including phenoxy) is 1. The summed E-state index contributed by atoms with van der Waals surface area (Å²) in [5, 5.41) is 2.86. The second-order valence-electron chi connectivity index (χ2n) is 6.30. The predicted molar refractivity (Wildman–Crippen MR) is 111 cm³/mol. The molecule has 0 spiro atoms. The van der Waals surface area contributed by atoms with Gasteiger partial charge < -0.3 is 10.1 Å². The fraction of sp³-hybridized carbons (Fsp3) is 0.0476. The maximum Gasteiger partial charge on any atom is 0.261 e. The summed E-state index contributed by atoms with van der Waals surface area (Å²) in [6, 6.07) is 12.0. The van der Waals surface area contributed by atoms with Crippen molar-refractivity contribution in [1.29, 1.82) is 0 Å². The van der Waals surface area contributed by atoms with E-state index in [-0.39, 0.29) is 10.7 Å². The Morgan fingerprint density at radius 2 is 1.71 bits per heavy atom. The zero-order valence-corrected chi connectivity index (χ0v) is 17.2. The molecule has 0 radical (unpaired) electrons. The van der Waals surface area contributed by atoms with E-state index in [2.05, 4.69) is 15.0 Å². The molecule has 0 aliphatic rings. The average molecular weight is 467 g/mol. The summed E-state index contributed by atoms with van der Waals surface area (Å²) in [4.78, 5) is 17.0. The molecule has 10 heteroatoms. The third kappa shape index (κ3) is 3.70. The Kier molecular flexibility index (Phi) is 5.55. The number of carbonyl (C=O) groups excluding carboxylic acids is 1. The van der Waals surface area contributed by atoms with Crippen LogP contribution >= 0.6 is 22.9 Å². The van der Waals surface area contributed by atoms with Crippen molar-refractivity contribution in [3.8, 4) is 16.3 Å². The molecule has 3 aromatic carbocycles. The van der Waals surface area contributed by atoms with Crippen LogP contribution in [0.15, 0.2) is 42.5 Å². The van der Waals surface area contributed by atoms with Crippen LogP contribution in [0.25, 0.3) is 20.8 Å². The number of nitrogens with zero attached hydrogens (tertiary/aromatic N) is 1. The van der Waals surface area contributed by atoms with Crippen molar-refractivity contribution in [1.82, 2.24) is 4.98 Å². The minimum Gasteiger partial charge on any atom is -0.491 e. The minimum absolute atomic E-state index is 0.0149. The lowest BCUT2D eigenvalue weighted by Gasteiger charge is -2.12. The molecule has 0 aliphatic heterocycles. The van der Waals surface area contributed by atoms with Gasteiger partial charge in [-0.1, -0.05) is 29.8 Å². The molecule has 1 amide bonds. The molecular formula is C21H11ClF4N2O2S. The lowest BCUT2D eigenvalue weighted by Crippen LogP contribution is -2.19. The van der Waals surface area contributed by atoms with E-state index < -0.39 is 40.5 Å². The lowest BCUT2D eigenvalue weighted by molar-refractivity contribution is 0.101. The molecule has 0 unspecified atom stereocenters. The van der Waals surface area contributed by atoms with Crippen molar-refractivity contribution < 1.29 is 27.1 Å². The summed E-state index contributed by atoms with van der Waals surface area (Å²) >= 11 is 7.49. The van der Waals surface area contributed by atoms with Gasteiger partial charge in [0.2, 0.25) is 11.6 Å². The number of halogens is 5. The number of hydrogen-bond acceptors (Lipinski definition) is 4. The number of benzene rings is 3. The number of rotatable bonds is 4. The van der Waals surface area contributed by atoms with Crippen molar-refractivity contribution >= 4 is 44.7 Å². The molecule has 0 aliphatic carbocycles. The second-order valence-corrected chi connectivity index (χ2v) is 7.74. The minimum atomic E-state index is -1.88. The molecule has 0 bridgehead atoms. The number of methoxy groups -OCH3 is 1. The number of para-hydroxylation sites is 1. The number of hydrogen-bond donors (Lipinski definition) is 1. The molecule has 158 valence electrons. The SMILES string of the molecule is COc1c(F)c(F)c(C(=O)Nc2cc(-c3nc4ccccc4s3)ccc2Cl)c(F)c1F. The summed E-state index contributed by atoms with van der Waals surface area (Å²) in [6.07, 6.45) is 0. The second kappa shape index (κ2) is 8.16. The summed E-state index contributed by atoms with van der Waals surface area (Å²) in [7, 11) is 0.841. The van der Waals surface area contributed by atoms with Gasteiger partial charge in [-0.25, -0.2) is 13.8 Å². The molecule has 1 heterocycles. The van der Waals surface area contributed by atoms with Crippen LogP contribution in [0.1, 0.15) is 10.4 Å². The maximum atomic E-state index is 14.2. The van der Waals surface area contributed by atoms with E-state index in [9.17, 15) is 22.4 Å². The Morgan fingerprint density at radius 1 is 1.03 bits per heavy atom.